The number of aliphatic carboxylic acids is 4. The van der Waals surface area contributed by atoms with E-state index in [2.05, 4.69) is 0 Å². The third-order valence-electron chi connectivity index (χ3n) is 2.17. The predicted octanol–water partition coefficient (Wildman–Crippen LogP) is -2.07. The van der Waals surface area contributed by atoms with Gasteiger partial charge in [0.05, 0.1) is 26.2 Å². The van der Waals surface area contributed by atoms with Crippen molar-refractivity contribution < 1.29 is 56.7 Å². The number of nitrogens with zero attached hydrogens (tertiary/aromatic N) is 2. The predicted molar refractivity (Wildman–Crippen MR) is 63.4 cm³/mol. The summed E-state index contributed by atoms with van der Waals surface area (Å²) in [4.78, 5) is 44.4. The van der Waals surface area contributed by atoms with Crippen LogP contribution in [0.25, 0.3) is 0 Å². The zero-order chi connectivity index (χ0) is 15.7. The van der Waals surface area contributed by atoms with E-state index in [9.17, 15) is 19.2 Å². The molecule has 0 atom stereocenters. The van der Waals surface area contributed by atoms with Crippen LogP contribution in [0, 0.1) is 0 Å². The number of carboxylic acid groups (broad SMARTS) is 4. The fraction of sp³-hybridized carbons (Fsp3) is 0.600. The van der Waals surface area contributed by atoms with Crippen LogP contribution in [0.15, 0.2) is 0 Å². The number of rotatable bonds is 11. The molecule has 0 heterocycles. The van der Waals surface area contributed by atoms with Crippen LogP contribution in [0.3, 0.4) is 0 Å². The second-order valence-electron chi connectivity index (χ2n) is 4.00. The van der Waals surface area contributed by atoms with Crippen LogP contribution < -0.4 is 0 Å². The van der Waals surface area contributed by atoms with E-state index >= 15 is 0 Å². The summed E-state index contributed by atoms with van der Waals surface area (Å²) in [5, 5.41) is 34.5. The van der Waals surface area contributed by atoms with Crippen molar-refractivity contribution in [2.45, 2.75) is 0 Å². The molecule has 21 heavy (non-hydrogen) atoms. The molecule has 0 aliphatic carbocycles. The largest absolute Gasteiger partial charge is 2.00 e. The van der Waals surface area contributed by atoms with E-state index in [1.807, 2.05) is 0 Å². The third-order valence-corrected chi connectivity index (χ3v) is 2.17. The van der Waals surface area contributed by atoms with Crippen molar-refractivity contribution in [3.8, 4) is 0 Å². The molecular weight excluding hydrogens is 332 g/mol. The zero-order valence-corrected chi connectivity index (χ0v) is 12.0. The molecule has 0 aromatic heterocycles. The molecule has 0 rings (SSSR count). The summed E-state index contributed by atoms with van der Waals surface area (Å²) in [5.41, 5.74) is 0. The molecule has 0 fully saturated rings. The summed E-state index contributed by atoms with van der Waals surface area (Å²) in [5.74, 6) is -4.91. The van der Waals surface area contributed by atoms with Crippen molar-refractivity contribution in [1.29, 1.82) is 0 Å². The smallest absolute Gasteiger partial charge is 0.480 e. The minimum Gasteiger partial charge on any atom is -0.480 e. The average Bonchev–Trinajstić information content (AvgIpc) is 2.22. The van der Waals surface area contributed by atoms with Gasteiger partial charge in [0.1, 0.15) is 0 Å². The summed E-state index contributed by atoms with van der Waals surface area (Å²) in [7, 11) is 0. The van der Waals surface area contributed by atoms with E-state index in [0.717, 1.165) is 9.80 Å². The van der Waals surface area contributed by atoms with Crippen molar-refractivity contribution in [2.24, 2.45) is 0 Å². The van der Waals surface area contributed by atoms with E-state index in [1.54, 1.807) is 0 Å². The van der Waals surface area contributed by atoms with E-state index < -0.39 is 50.1 Å². The average molecular weight is 348 g/mol. The number of hydrogen-bond acceptors (Lipinski definition) is 6. The molecule has 0 spiro atoms. The minimum absolute atomic E-state index is 0. The van der Waals surface area contributed by atoms with Gasteiger partial charge in [-0.05, 0) is 0 Å². The monoisotopic (exact) mass is 348 g/mol. The SMILES string of the molecule is O=C(O)CN(CCN(CC(=O)O)CC(=O)O)CC(=O)O.[Fe+2]. The minimum atomic E-state index is -1.23. The van der Waals surface area contributed by atoms with Gasteiger partial charge in [0.25, 0.3) is 0 Å². The Balaban J connectivity index is 0. The van der Waals surface area contributed by atoms with Gasteiger partial charge < -0.3 is 20.4 Å². The van der Waals surface area contributed by atoms with Crippen LogP contribution in [0.5, 0.6) is 0 Å². The standard InChI is InChI=1S/C10H16N2O8.Fe/c13-7(14)3-11(4-8(15)16)1-2-12(5-9(17)18)6-10(19)20;/h1-6H2,(H,13,14)(H,15,16)(H,17,18)(H,19,20);/q;+2. The molecule has 10 nitrogen and oxygen atoms in total. The van der Waals surface area contributed by atoms with Gasteiger partial charge in [-0.3, -0.25) is 29.0 Å². The van der Waals surface area contributed by atoms with Gasteiger partial charge in [-0.2, -0.15) is 0 Å². The molecule has 0 aromatic carbocycles. The molecule has 0 amide bonds. The molecule has 0 unspecified atom stereocenters. The maximum absolute atomic E-state index is 10.6. The summed E-state index contributed by atoms with van der Waals surface area (Å²) in [6, 6.07) is 0. The first kappa shape index (κ1) is 21.6. The third kappa shape index (κ3) is 13.1. The molecule has 0 bridgehead atoms. The molecule has 0 saturated carbocycles. The first-order valence-corrected chi connectivity index (χ1v) is 5.52. The second kappa shape index (κ2) is 11.0. The second-order valence-corrected chi connectivity index (χ2v) is 4.00. The Kier molecular flexibility index (Phi) is 11.4. The molecule has 4 N–H and O–H groups in total. The summed E-state index contributed by atoms with van der Waals surface area (Å²) in [6.07, 6.45) is 0. The first-order valence-electron chi connectivity index (χ1n) is 5.52. The van der Waals surface area contributed by atoms with Crippen molar-refractivity contribution in [3.63, 3.8) is 0 Å². The Morgan fingerprint density at radius 1 is 0.571 bits per heavy atom. The molecule has 0 aliphatic rings. The van der Waals surface area contributed by atoms with Crippen molar-refractivity contribution >= 4 is 23.9 Å². The maximum Gasteiger partial charge on any atom is 2.00 e. The Labute approximate surface area is 130 Å². The van der Waals surface area contributed by atoms with Gasteiger partial charge in [0, 0.05) is 13.1 Å². The molecule has 120 valence electrons. The molecule has 11 heteroatoms. The van der Waals surface area contributed by atoms with Crippen molar-refractivity contribution in [1.82, 2.24) is 9.80 Å². The maximum atomic E-state index is 10.6. The Hall–Kier alpha value is -1.68. The van der Waals surface area contributed by atoms with Crippen LogP contribution >= 0.6 is 0 Å². The zero-order valence-electron chi connectivity index (χ0n) is 10.9. The van der Waals surface area contributed by atoms with E-state index in [0.29, 0.717) is 0 Å². The topological polar surface area (TPSA) is 156 Å². The normalized spacial score (nSPS) is 10.2. The van der Waals surface area contributed by atoms with Crippen LogP contribution in [0.1, 0.15) is 0 Å². The fourth-order valence-corrected chi connectivity index (χ4v) is 1.48. The van der Waals surface area contributed by atoms with Gasteiger partial charge in [-0.15, -0.1) is 0 Å². The van der Waals surface area contributed by atoms with Gasteiger partial charge in [-0.25, -0.2) is 0 Å². The van der Waals surface area contributed by atoms with Crippen LogP contribution in [-0.4, -0.2) is 93.4 Å². The summed E-state index contributed by atoms with van der Waals surface area (Å²) < 4.78 is 0. The van der Waals surface area contributed by atoms with Gasteiger partial charge in [-0.1, -0.05) is 0 Å². The van der Waals surface area contributed by atoms with Crippen LogP contribution in [-0.2, 0) is 36.2 Å². The quantitative estimate of drug-likeness (QED) is 0.306. The van der Waals surface area contributed by atoms with E-state index in [-0.39, 0.29) is 30.2 Å². The van der Waals surface area contributed by atoms with Gasteiger partial charge >= 0.3 is 40.9 Å². The Morgan fingerprint density at radius 2 is 0.762 bits per heavy atom. The molecule has 0 radical (unpaired) electrons. The molecule has 0 aromatic rings. The fourth-order valence-electron chi connectivity index (χ4n) is 1.48. The van der Waals surface area contributed by atoms with Crippen LogP contribution in [0.4, 0.5) is 0 Å². The number of hydrogen-bond donors (Lipinski definition) is 4. The van der Waals surface area contributed by atoms with Crippen molar-refractivity contribution in [2.75, 3.05) is 39.3 Å². The van der Waals surface area contributed by atoms with Crippen LogP contribution in [0.2, 0.25) is 0 Å². The number of carboxylic acids is 4. The Morgan fingerprint density at radius 3 is 0.905 bits per heavy atom. The van der Waals surface area contributed by atoms with E-state index in [4.69, 9.17) is 20.4 Å². The van der Waals surface area contributed by atoms with Crippen molar-refractivity contribution in [3.05, 3.63) is 0 Å². The Bertz CT molecular complexity index is 321. The molecular formula is C10H16FeN2O8+2. The van der Waals surface area contributed by atoms with E-state index in [1.165, 1.54) is 0 Å². The van der Waals surface area contributed by atoms with Gasteiger partial charge in [0.2, 0.25) is 0 Å². The number of carbonyl (C=O) groups is 4. The summed E-state index contributed by atoms with van der Waals surface area (Å²) >= 11 is 0. The van der Waals surface area contributed by atoms with Gasteiger partial charge in [0.15, 0.2) is 0 Å². The molecule has 0 saturated heterocycles. The summed E-state index contributed by atoms with van der Waals surface area (Å²) in [6.45, 7) is -2.25. The first-order chi connectivity index (χ1) is 9.20. The molecule has 0 aliphatic heterocycles.